The van der Waals surface area contributed by atoms with Gasteiger partial charge in [-0.15, -0.1) is 0 Å². The van der Waals surface area contributed by atoms with Crippen LogP contribution >= 0.6 is 0 Å². The van der Waals surface area contributed by atoms with Gasteiger partial charge in [-0.3, -0.25) is 9.59 Å². The highest BCUT2D eigenvalue weighted by molar-refractivity contribution is 7.89. The van der Waals surface area contributed by atoms with Crippen molar-refractivity contribution in [2.24, 2.45) is 0 Å². The topological polar surface area (TPSA) is 107 Å². The molecule has 3 rings (SSSR count). The summed E-state index contributed by atoms with van der Waals surface area (Å²) in [5.41, 5.74) is 2.37. The molecule has 34 heavy (non-hydrogen) atoms. The van der Waals surface area contributed by atoms with Gasteiger partial charge in [0.1, 0.15) is 5.75 Å². The molecule has 0 aliphatic carbocycles. The molecule has 0 saturated heterocycles. The Labute approximate surface area is 200 Å². The Morgan fingerprint density at radius 1 is 1.12 bits per heavy atom. The molecular formula is C24H31N3O6S. The van der Waals surface area contributed by atoms with Gasteiger partial charge >= 0.3 is 5.97 Å². The van der Waals surface area contributed by atoms with Crippen LogP contribution in [-0.4, -0.2) is 70.0 Å². The van der Waals surface area contributed by atoms with E-state index >= 15 is 0 Å². The molecule has 1 N–H and O–H groups in total. The maximum Gasteiger partial charge on any atom is 0.303 e. The summed E-state index contributed by atoms with van der Waals surface area (Å²) in [6.45, 7) is 3.95. The molecule has 0 unspecified atom stereocenters. The van der Waals surface area contributed by atoms with Crippen LogP contribution in [0.4, 0.5) is 11.4 Å². The number of carboxylic acid groups (broad SMARTS) is 1. The van der Waals surface area contributed by atoms with E-state index < -0.39 is 16.0 Å². The smallest absolute Gasteiger partial charge is 0.303 e. The fourth-order valence-electron chi connectivity index (χ4n) is 3.99. The number of aliphatic carboxylic acids is 1. The van der Waals surface area contributed by atoms with E-state index in [1.165, 1.54) is 15.3 Å². The lowest BCUT2D eigenvalue weighted by Gasteiger charge is -2.26. The lowest BCUT2D eigenvalue weighted by Crippen LogP contribution is -2.36. The Bertz CT molecular complexity index is 1150. The molecule has 0 aromatic heterocycles. The minimum absolute atomic E-state index is 0.0845. The van der Waals surface area contributed by atoms with Crippen LogP contribution in [0.15, 0.2) is 47.4 Å². The summed E-state index contributed by atoms with van der Waals surface area (Å²) in [5, 5.41) is 8.81. The van der Waals surface area contributed by atoms with E-state index in [4.69, 9.17) is 9.84 Å². The monoisotopic (exact) mass is 489 g/mol. The second-order valence-corrected chi connectivity index (χ2v) is 10.1. The Morgan fingerprint density at radius 3 is 2.56 bits per heavy atom. The first-order valence-corrected chi connectivity index (χ1v) is 12.6. The zero-order valence-corrected chi connectivity index (χ0v) is 20.5. The van der Waals surface area contributed by atoms with Gasteiger partial charge in [0.25, 0.3) is 0 Å². The lowest BCUT2D eigenvalue weighted by molar-refractivity contribution is -0.138. The number of carbonyl (C=O) groups is 2. The predicted molar refractivity (Wildman–Crippen MR) is 130 cm³/mol. The van der Waals surface area contributed by atoms with E-state index in [2.05, 4.69) is 4.90 Å². The van der Waals surface area contributed by atoms with Gasteiger partial charge in [0.2, 0.25) is 15.9 Å². The van der Waals surface area contributed by atoms with Crippen LogP contribution in [0, 0.1) is 0 Å². The number of carbonyl (C=O) groups excluding carboxylic acids is 1. The summed E-state index contributed by atoms with van der Waals surface area (Å²) >= 11 is 0. The molecule has 0 fully saturated rings. The minimum Gasteiger partial charge on any atom is -0.497 e. The number of rotatable bonds is 11. The van der Waals surface area contributed by atoms with Gasteiger partial charge in [0, 0.05) is 57.1 Å². The minimum atomic E-state index is -3.72. The number of hydrogen-bond acceptors (Lipinski definition) is 6. The molecule has 0 saturated carbocycles. The van der Waals surface area contributed by atoms with E-state index in [1.807, 2.05) is 31.2 Å². The third-order valence-corrected chi connectivity index (χ3v) is 7.85. The van der Waals surface area contributed by atoms with Gasteiger partial charge in [-0.2, -0.15) is 4.31 Å². The van der Waals surface area contributed by atoms with Crippen LogP contribution in [0.2, 0.25) is 0 Å². The Balaban J connectivity index is 1.69. The van der Waals surface area contributed by atoms with Crippen LogP contribution in [-0.2, 0) is 26.0 Å². The van der Waals surface area contributed by atoms with Crippen LogP contribution in [0.3, 0.4) is 0 Å². The van der Waals surface area contributed by atoms with Crippen molar-refractivity contribution in [2.75, 3.05) is 50.1 Å². The lowest BCUT2D eigenvalue weighted by atomic mass is 10.2. The maximum atomic E-state index is 13.2. The number of amides is 1. The Kier molecular flexibility index (Phi) is 8.16. The number of likely N-dealkylation sites (N-methyl/N-ethyl adjacent to an activating group) is 2. The Morgan fingerprint density at radius 2 is 1.88 bits per heavy atom. The molecule has 1 aliphatic rings. The molecule has 0 spiro atoms. The van der Waals surface area contributed by atoms with E-state index in [0.29, 0.717) is 38.3 Å². The van der Waals surface area contributed by atoms with Gasteiger partial charge in [-0.25, -0.2) is 8.42 Å². The van der Waals surface area contributed by atoms with Crippen molar-refractivity contribution in [3.63, 3.8) is 0 Å². The highest BCUT2D eigenvalue weighted by atomic mass is 32.2. The van der Waals surface area contributed by atoms with Gasteiger partial charge in [0.05, 0.1) is 18.4 Å². The number of nitrogens with zero attached hydrogens (tertiary/aromatic N) is 3. The number of benzene rings is 2. The summed E-state index contributed by atoms with van der Waals surface area (Å²) < 4.78 is 33.0. The van der Waals surface area contributed by atoms with Crippen molar-refractivity contribution in [3.05, 3.63) is 48.0 Å². The highest BCUT2D eigenvalue weighted by Crippen LogP contribution is 2.31. The average molecular weight is 490 g/mol. The summed E-state index contributed by atoms with van der Waals surface area (Å²) in [5.74, 6) is -0.554. The highest BCUT2D eigenvalue weighted by Gasteiger charge is 2.28. The fraction of sp³-hybridized carbons (Fsp3) is 0.417. The van der Waals surface area contributed by atoms with E-state index in [-0.39, 0.29) is 23.6 Å². The molecule has 10 heteroatoms. The van der Waals surface area contributed by atoms with Crippen molar-refractivity contribution in [2.45, 2.75) is 31.1 Å². The van der Waals surface area contributed by atoms with Crippen LogP contribution in [0.25, 0.3) is 0 Å². The van der Waals surface area contributed by atoms with Crippen LogP contribution in [0.1, 0.15) is 25.3 Å². The fourth-order valence-corrected chi connectivity index (χ4v) is 5.20. The van der Waals surface area contributed by atoms with Gasteiger partial charge < -0.3 is 19.6 Å². The Hall–Kier alpha value is -3.11. The second kappa shape index (κ2) is 10.9. The number of fused-ring (bicyclic) bond motifs is 1. The molecule has 184 valence electrons. The predicted octanol–water partition coefficient (Wildman–Crippen LogP) is 2.60. The molecule has 2 aromatic carbocycles. The number of hydrogen-bond donors (Lipinski definition) is 1. The number of ether oxygens (including phenoxy) is 1. The maximum absolute atomic E-state index is 13.2. The first-order chi connectivity index (χ1) is 16.2. The molecule has 1 aliphatic heterocycles. The third kappa shape index (κ3) is 5.68. The number of carboxylic acids is 1. The molecular weight excluding hydrogens is 458 g/mol. The zero-order chi connectivity index (χ0) is 24.9. The van der Waals surface area contributed by atoms with E-state index in [0.717, 1.165) is 17.0 Å². The van der Waals surface area contributed by atoms with Gasteiger partial charge in [-0.1, -0.05) is 6.07 Å². The van der Waals surface area contributed by atoms with E-state index in [9.17, 15) is 18.0 Å². The summed E-state index contributed by atoms with van der Waals surface area (Å²) in [6, 6.07) is 12.4. The largest absolute Gasteiger partial charge is 0.497 e. The van der Waals surface area contributed by atoms with Crippen molar-refractivity contribution < 1.29 is 27.9 Å². The standard InChI is InChI=1S/C24H31N3O6S/c1-4-26(19-6-5-7-20(17-19)33-3)15-14-25(2)34(31,32)21-8-9-22-18(16-21)12-13-27(22)23(28)10-11-24(29)30/h5-9,16-17H,4,10-15H2,1-3H3,(H,29,30). The molecule has 0 atom stereocenters. The summed E-state index contributed by atoms with van der Waals surface area (Å²) in [7, 11) is -0.550. The quantitative estimate of drug-likeness (QED) is 0.517. The third-order valence-electron chi connectivity index (χ3n) is 5.99. The normalized spacial score (nSPS) is 13.1. The molecule has 0 bridgehead atoms. The zero-order valence-electron chi connectivity index (χ0n) is 19.7. The van der Waals surface area contributed by atoms with E-state index in [1.54, 1.807) is 26.3 Å². The van der Waals surface area contributed by atoms with Crippen molar-refractivity contribution in [1.82, 2.24) is 4.31 Å². The molecule has 2 aromatic rings. The van der Waals surface area contributed by atoms with Crippen molar-refractivity contribution >= 4 is 33.3 Å². The van der Waals surface area contributed by atoms with Crippen LogP contribution in [0.5, 0.6) is 5.75 Å². The molecule has 1 heterocycles. The number of sulfonamides is 1. The first-order valence-electron chi connectivity index (χ1n) is 11.2. The summed E-state index contributed by atoms with van der Waals surface area (Å²) in [4.78, 5) is 26.9. The first kappa shape index (κ1) is 25.5. The average Bonchev–Trinajstić information content (AvgIpc) is 3.26. The number of methoxy groups -OCH3 is 1. The molecule has 9 nitrogen and oxygen atoms in total. The summed E-state index contributed by atoms with van der Waals surface area (Å²) in [6.07, 6.45) is 0.214. The second-order valence-electron chi connectivity index (χ2n) is 8.09. The number of anilines is 2. The van der Waals surface area contributed by atoms with Gasteiger partial charge in [0.15, 0.2) is 0 Å². The molecule has 1 amide bonds. The van der Waals surface area contributed by atoms with Crippen molar-refractivity contribution in [1.29, 1.82) is 0 Å². The van der Waals surface area contributed by atoms with Crippen molar-refractivity contribution in [3.8, 4) is 5.75 Å². The molecule has 0 radical (unpaired) electrons. The SMILES string of the molecule is CCN(CCN(C)S(=O)(=O)c1ccc2c(c1)CCN2C(=O)CCC(=O)O)c1cccc(OC)c1. The van der Waals surface area contributed by atoms with Crippen LogP contribution < -0.4 is 14.5 Å². The van der Waals surface area contributed by atoms with Gasteiger partial charge in [-0.05, 0) is 49.2 Å².